The van der Waals surface area contributed by atoms with Crippen molar-refractivity contribution in [3.63, 3.8) is 0 Å². The molecule has 0 saturated carbocycles. The monoisotopic (exact) mass is 432 g/mol. The summed E-state index contributed by atoms with van der Waals surface area (Å²) in [6.45, 7) is 2.62. The molecule has 9 heteroatoms. The fourth-order valence-corrected chi connectivity index (χ4v) is 2.80. The maximum absolute atomic E-state index is 13.6. The number of hydrogen-bond donors (Lipinski definition) is 1. The van der Waals surface area contributed by atoms with E-state index in [9.17, 15) is 13.2 Å². The number of aromatic nitrogens is 2. The number of methoxy groups -OCH3 is 1. The third-order valence-corrected chi connectivity index (χ3v) is 4.43. The molecule has 2 aromatic carbocycles. The van der Waals surface area contributed by atoms with Crippen molar-refractivity contribution in [1.29, 1.82) is 0 Å². The van der Waals surface area contributed by atoms with Crippen LogP contribution in [0.4, 0.5) is 36.3 Å². The van der Waals surface area contributed by atoms with Gasteiger partial charge in [0.1, 0.15) is 17.1 Å². The van der Waals surface area contributed by atoms with Gasteiger partial charge in [-0.05, 0) is 55.0 Å². The second kappa shape index (κ2) is 9.55. The van der Waals surface area contributed by atoms with Gasteiger partial charge in [0.05, 0.1) is 13.7 Å². The van der Waals surface area contributed by atoms with Gasteiger partial charge in [0.2, 0.25) is 5.95 Å². The molecule has 164 valence electrons. The lowest BCUT2D eigenvalue weighted by molar-refractivity contribution is -0.137. The summed E-state index contributed by atoms with van der Waals surface area (Å²) in [6.07, 6.45) is -2.93. The normalized spacial score (nSPS) is 11.2. The Morgan fingerprint density at radius 1 is 1.00 bits per heavy atom. The van der Waals surface area contributed by atoms with Crippen LogP contribution >= 0.6 is 0 Å². The summed E-state index contributed by atoms with van der Waals surface area (Å²) in [5.74, 6) is 1.09. The van der Waals surface area contributed by atoms with Gasteiger partial charge in [-0.25, -0.2) is 4.98 Å². The number of benzene rings is 2. The maximum Gasteiger partial charge on any atom is 0.421 e. The molecule has 31 heavy (non-hydrogen) atoms. The molecule has 0 aliphatic carbocycles. The predicted molar refractivity (Wildman–Crippen MR) is 114 cm³/mol. The summed E-state index contributed by atoms with van der Waals surface area (Å²) in [5, 5.41) is 2.94. The molecule has 0 aliphatic rings. The van der Waals surface area contributed by atoms with Gasteiger partial charge in [0.25, 0.3) is 0 Å². The SMILES string of the molecule is CCCOc1ccc(Nc2ncc(C(F)(F)F)c(N(C)c3ccc(OC)cc3)n2)cc1. The molecule has 0 aliphatic heterocycles. The standard InChI is InChI=1S/C22H23F3N4O2/c1-4-13-31-18-9-5-15(6-10-18)27-21-26-14-19(22(23,24)25)20(28-21)29(2)16-7-11-17(30-3)12-8-16/h5-12,14H,4,13H2,1-3H3,(H,26,27,28). The molecule has 0 fully saturated rings. The smallest absolute Gasteiger partial charge is 0.421 e. The summed E-state index contributed by atoms with van der Waals surface area (Å²) in [6, 6.07) is 13.7. The van der Waals surface area contributed by atoms with Crippen molar-refractivity contribution in [2.45, 2.75) is 19.5 Å². The number of nitrogens with zero attached hydrogens (tertiary/aromatic N) is 3. The fourth-order valence-electron chi connectivity index (χ4n) is 2.80. The van der Waals surface area contributed by atoms with Crippen molar-refractivity contribution >= 4 is 23.1 Å². The van der Waals surface area contributed by atoms with E-state index in [0.29, 0.717) is 29.5 Å². The highest BCUT2D eigenvalue weighted by Gasteiger charge is 2.36. The first-order chi connectivity index (χ1) is 14.8. The van der Waals surface area contributed by atoms with Crippen LogP contribution < -0.4 is 19.7 Å². The highest BCUT2D eigenvalue weighted by molar-refractivity contribution is 5.65. The summed E-state index contributed by atoms with van der Waals surface area (Å²) >= 11 is 0. The van der Waals surface area contributed by atoms with Crippen LogP contribution in [0.15, 0.2) is 54.7 Å². The summed E-state index contributed by atoms with van der Waals surface area (Å²) < 4.78 is 51.4. The third-order valence-electron chi connectivity index (χ3n) is 4.43. The van der Waals surface area contributed by atoms with Gasteiger partial charge in [0.15, 0.2) is 5.82 Å². The summed E-state index contributed by atoms with van der Waals surface area (Å²) in [5.41, 5.74) is 0.217. The van der Waals surface area contributed by atoms with E-state index in [1.54, 1.807) is 48.5 Å². The molecule has 1 heterocycles. The topological polar surface area (TPSA) is 59.5 Å². The van der Waals surface area contributed by atoms with Gasteiger partial charge in [0, 0.05) is 24.6 Å². The third kappa shape index (κ3) is 5.56. The Hall–Kier alpha value is -3.49. The maximum atomic E-state index is 13.6. The molecular weight excluding hydrogens is 409 g/mol. The van der Waals surface area contributed by atoms with Crippen molar-refractivity contribution in [1.82, 2.24) is 9.97 Å². The van der Waals surface area contributed by atoms with E-state index in [4.69, 9.17) is 9.47 Å². The van der Waals surface area contributed by atoms with Crippen LogP contribution in [0.2, 0.25) is 0 Å². The molecule has 1 N–H and O–H groups in total. The van der Waals surface area contributed by atoms with E-state index in [1.165, 1.54) is 19.1 Å². The molecule has 0 unspecified atom stereocenters. The van der Waals surface area contributed by atoms with Crippen LogP contribution in [-0.2, 0) is 6.18 Å². The average molecular weight is 432 g/mol. The molecule has 1 aromatic heterocycles. The van der Waals surface area contributed by atoms with Gasteiger partial charge in [-0.2, -0.15) is 18.2 Å². The molecule has 0 spiro atoms. The first-order valence-electron chi connectivity index (χ1n) is 9.63. The minimum absolute atomic E-state index is 0.0468. The van der Waals surface area contributed by atoms with E-state index in [2.05, 4.69) is 15.3 Å². The lowest BCUT2D eigenvalue weighted by atomic mass is 10.2. The summed E-state index contributed by atoms with van der Waals surface area (Å²) in [7, 11) is 3.04. The largest absolute Gasteiger partial charge is 0.497 e. The van der Waals surface area contributed by atoms with Gasteiger partial charge < -0.3 is 19.7 Å². The van der Waals surface area contributed by atoms with Crippen LogP contribution in [0.1, 0.15) is 18.9 Å². The van der Waals surface area contributed by atoms with Gasteiger partial charge in [-0.15, -0.1) is 0 Å². The number of halogens is 3. The average Bonchev–Trinajstić information content (AvgIpc) is 2.77. The van der Waals surface area contributed by atoms with Gasteiger partial charge in [-0.3, -0.25) is 0 Å². The Morgan fingerprint density at radius 2 is 1.65 bits per heavy atom. The number of ether oxygens (including phenoxy) is 2. The first-order valence-corrected chi connectivity index (χ1v) is 9.63. The van der Waals surface area contributed by atoms with E-state index in [-0.39, 0.29) is 11.8 Å². The first kappa shape index (κ1) is 22.2. The predicted octanol–water partition coefficient (Wildman–Crippen LogP) is 5.80. The molecule has 6 nitrogen and oxygen atoms in total. The lowest BCUT2D eigenvalue weighted by Crippen LogP contribution is -2.19. The van der Waals surface area contributed by atoms with E-state index >= 15 is 0 Å². The number of hydrogen-bond acceptors (Lipinski definition) is 6. The summed E-state index contributed by atoms with van der Waals surface area (Å²) in [4.78, 5) is 9.36. The number of anilines is 4. The zero-order chi connectivity index (χ0) is 22.4. The molecule has 3 rings (SSSR count). The van der Waals surface area contributed by atoms with Crippen molar-refractivity contribution < 1.29 is 22.6 Å². The van der Waals surface area contributed by atoms with Gasteiger partial charge in [-0.1, -0.05) is 6.92 Å². The molecule has 0 radical (unpaired) electrons. The Labute approximate surface area is 178 Å². The number of nitrogens with one attached hydrogen (secondary N) is 1. The number of rotatable bonds is 8. The fraction of sp³-hybridized carbons (Fsp3) is 0.273. The van der Waals surface area contributed by atoms with Crippen molar-refractivity contribution in [3.8, 4) is 11.5 Å². The Bertz CT molecular complexity index is 993. The Kier molecular flexibility index (Phi) is 6.84. The Balaban J connectivity index is 1.89. The van der Waals surface area contributed by atoms with Crippen molar-refractivity contribution in [2.24, 2.45) is 0 Å². The highest BCUT2D eigenvalue weighted by atomic mass is 19.4. The minimum atomic E-state index is -4.60. The molecule has 0 saturated heterocycles. The molecule has 0 amide bonds. The van der Waals surface area contributed by atoms with E-state index in [0.717, 1.165) is 12.6 Å². The van der Waals surface area contributed by atoms with E-state index in [1.807, 2.05) is 6.92 Å². The molecular formula is C22H23F3N4O2. The lowest BCUT2D eigenvalue weighted by Gasteiger charge is -2.23. The molecule has 0 atom stereocenters. The second-order valence-corrected chi connectivity index (χ2v) is 6.68. The Morgan fingerprint density at radius 3 is 2.23 bits per heavy atom. The second-order valence-electron chi connectivity index (χ2n) is 6.68. The van der Waals surface area contributed by atoms with Crippen LogP contribution in [-0.4, -0.2) is 30.7 Å². The van der Waals surface area contributed by atoms with Crippen molar-refractivity contribution in [2.75, 3.05) is 31.0 Å². The minimum Gasteiger partial charge on any atom is -0.497 e. The van der Waals surface area contributed by atoms with Crippen molar-refractivity contribution in [3.05, 3.63) is 60.3 Å². The van der Waals surface area contributed by atoms with E-state index < -0.39 is 11.7 Å². The van der Waals surface area contributed by atoms with Crippen LogP contribution in [0.3, 0.4) is 0 Å². The van der Waals surface area contributed by atoms with Crippen LogP contribution in [0, 0.1) is 0 Å². The zero-order valence-electron chi connectivity index (χ0n) is 17.4. The quantitative estimate of drug-likeness (QED) is 0.485. The van der Waals surface area contributed by atoms with Crippen LogP contribution in [0.25, 0.3) is 0 Å². The molecule has 0 bridgehead atoms. The van der Waals surface area contributed by atoms with Crippen LogP contribution in [0.5, 0.6) is 11.5 Å². The zero-order valence-corrected chi connectivity index (χ0v) is 17.4. The molecule has 3 aromatic rings. The number of alkyl halides is 3. The highest BCUT2D eigenvalue weighted by Crippen LogP contribution is 2.38. The van der Waals surface area contributed by atoms with Gasteiger partial charge >= 0.3 is 6.18 Å².